The first-order chi connectivity index (χ1) is 9.40. The molecule has 0 aliphatic heterocycles. The zero-order chi connectivity index (χ0) is 14.9. The minimum absolute atomic E-state index is 0.350. The molecule has 0 atom stereocenters. The van der Waals surface area contributed by atoms with E-state index in [1.807, 2.05) is 0 Å². The van der Waals surface area contributed by atoms with Crippen LogP contribution in [0, 0.1) is 29.8 Å². The molecule has 1 amide bonds. The number of aromatic amines is 1. The third-order valence-electron chi connectivity index (χ3n) is 2.77. The standard InChI is InChI=1S/C12H11FN4O3/c1-6-11(7(2)16-15-6)14-12(18)9-5-8(17(19)20)3-4-10(9)13/h3-5H,1-2H3,(H,14,18)(H,15,16). The van der Waals surface area contributed by atoms with Gasteiger partial charge in [-0.15, -0.1) is 0 Å². The molecule has 1 heterocycles. The fourth-order valence-corrected chi connectivity index (χ4v) is 1.72. The second-order valence-electron chi connectivity index (χ2n) is 4.18. The van der Waals surface area contributed by atoms with Crippen LogP contribution in [0.2, 0.25) is 0 Å². The van der Waals surface area contributed by atoms with Crippen LogP contribution in [-0.2, 0) is 0 Å². The molecule has 2 rings (SSSR count). The van der Waals surface area contributed by atoms with Gasteiger partial charge in [-0.1, -0.05) is 0 Å². The quantitative estimate of drug-likeness (QED) is 0.664. The van der Waals surface area contributed by atoms with E-state index in [1.54, 1.807) is 13.8 Å². The van der Waals surface area contributed by atoms with Crippen LogP contribution in [0.25, 0.3) is 0 Å². The van der Waals surface area contributed by atoms with Crippen LogP contribution in [0.4, 0.5) is 15.8 Å². The van der Waals surface area contributed by atoms with Crippen LogP contribution in [0.3, 0.4) is 0 Å². The predicted octanol–water partition coefficient (Wildman–Crippen LogP) is 2.33. The monoisotopic (exact) mass is 278 g/mol. The molecule has 104 valence electrons. The van der Waals surface area contributed by atoms with Gasteiger partial charge in [-0.2, -0.15) is 5.10 Å². The molecule has 1 aromatic carbocycles. The van der Waals surface area contributed by atoms with Gasteiger partial charge in [-0.3, -0.25) is 20.0 Å². The van der Waals surface area contributed by atoms with Crippen molar-refractivity contribution in [1.29, 1.82) is 0 Å². The number of nitrogens with zero attached hydrogens (tertiary/aromatic N) is 2. The number of carbonyl (C=O) groups is 1. The summed E-state index contributed by atoms with van der Waals surface area (Å²) in [6.45, 7) is 3.36. The van der Waals surface area contributed by atoms with E-state index in [0.717, 1.165) is 18.2 Å². The first-order valence-electron chi connectivity index (χ1n) is 5.67. The molecular weight excluding hydrogens is 267 g/mol. The van der Waals surface area contributed by atoms with E-state index < -0.39 is 16.6 Å². The van der Waals surface area contributed by atoms with E-state index in [9.17, 15) is 19.3 Å². The molecule has 7 nitrogen and oxygen atoms in total. The van der Waals surface area contributed by atoms with Gasteiger partial charge in [0.15, 0.2) is 0 Å². The second kappa shape index (κ2) is 5.08. The summed E-state index contributed by atoms with van der Waals surface area (Å²) in [6.07, 6.45) is 0. The number of carbonyl (C=O) groups excluding carboxylic acids is 1. The van der Waals surface area contributed by atoms with Crippen LogP contribution in [0.15, 0.2) is 18.2 Å². The van der Waals surface area contributed by atoms with Crippen molar-refractivity contribution < 1.29 is 14.1 Å². The first-order valence-corrected chi connectivity index (χ1v) is 5.67. The smallest absolute Gasteiger partial charge is 0.270 e. The summed E-state index contributed by atoms with van der Waals surface area (Å²) in [5.74, 6) is -1.59. The van der Waals surface area contributed by atoms with Crippen LogP contribution >= 0.6 is 0 Å². The number of hydrogen-bond donors (Lipinski definition) is 2. The molecule has 0 unspecified atom stereocenters. The van der Waals surface area contributed by atoms with Gasteiger partial charge >= 0.3 is 0 Å². The number of halogens is 1. The molecule has 0 radical (unpaired) electrons. The summed E-state index contributed by atoms with van der Waals surface area (Å²) in [6, 6.07) is 2.79. The zero-order valence-corrected chi connectivity index (χ0v) is 10.7. The average molecular weight is 278 g/mol. The Morgan fingerprint density at radius 2 is 2.15 bits per heavy atom. The Morgan fingerprint density at radius 1 is 1.45 bits per heavy atom. The predicted molar refractivity (Wildman–Crippen MR) is 69.1 cm³/mol. The van der Waals surface area contributed by atoms with Gasteiger partial charge in [0.2, 0.25) is 0 Å². The highest BCUT2D eigenvalue weighted by Gasteiger charge is 2.19. The summed E-state index contributed by atoms with van der Waals surface area (Å²) in [4.78, 5) is 22.0. The summed E-state index contributed by atoms with van der Waals surface area (Å²) < 4.78 is 13.6. The Morgan fingerprint density at radius 3 is 2.70 bits per heavy atom. The lowest BCUT2D eigenvalue weighted by molar-refractivity contribution is -0.384. The van der Waals surface area contributed by atoms with Crippen molar-refractivity contribution in [3.8, 4) is 0 Å². The minimum atomic E-state index is -0.827. The highest BCUT2D eigenvalue weighted by molar-refractivity contribution is 6.05. The Labute approximate surface area is 113 Å². The number of amides is 1. The Hall–Kier alpha value is -2.77. The minimum Gasteiger partial charge on any atom is -0.319 e. The molecule has 0 saturated carbocycles. The number of H-pyrrole nitrogens is 1. The molecule has 8 heteroatoms. The molecule has 2 N–H and O–H groups in total. The van der Waals surface area contributed by atoms with Crippen LogP contribution in [-0.4, -0.2) is 21.0 Å². The van der Waals surface area contributed by atoms with Gasteiger partial charge in [-0.25, -0.2) is 4.39 Å². The molecule has 0 aliphatic rings. The number of hydrogen-bond acceptors (Lipinski definition) is 4. The second-order valence-corrected chi connectivity index (χ2v) is 4.18. The molecule has 0 spiro atoms. The lowest BCUT2D eigenvalue weighted by atomic mass is 10.1. The van der Waals surface area contributed by atoms with Crippen molar-refractivity contribution in [1.82, 2.24) is 10.2 Å². The number of nitro benzene ring substituents is 1. The summed E-state index contributed by atoms with van der Waals surface area (Å²) in [5, 5.41) is 19.7. The van der Waals surface area contributed by atoms with Gasteiger partial charge < -0.3 is 5.32 Å². The molecule has 0 saturated heterocycles. The van der Waals surface area contributed by atoms with E-state index in [2.05, 4.69) is 15.5 Å². The number of rotatable bonds is 3. The molecule has 20 heavy (non-hydrogen) atoms. The topological polar surface area (TPSA) is 101 Å². The maximum atomic E-state index is 13.6. The molecule has 0 aliphatic carbocycles. The summed E-state index contributed by atoms with van der Waals surface area (Å²) >= 11 is 0. The van der Waals surface area contributed by atoms with E-state index in [-0.39, 0.29) is 11.3 Å². The van der Waals surface area contributed by atoms with Gasteiger partial charge in [-0.05, 0) is 19.9 Å². The normalized spacial score (nSPS) is 10.3. The fourth-order valence-electron chi connectivity index (χ4n) is 1.72. The van der Waals surface area contributed by atoms with Crippen molar-refractivity contribution in [3.63, 3.8) is 0 Å². The first kappa shape index (κ1) is 13.7. The van der Waals surface area contributed by atoms with Crippen molar-refractivity contribution in [2.45, 2.75) is 13.8 Å². The fraction of sp³-hybridized carbons (Fsp3) is 0.167. The van der Waals surface area contributed by atoms with E-state index >= 15 is 0 Å². The summed E-state index contributed by atoms with van der Waals surface area (Å²) in [7, 11) is 0. The Kier molecular flexibility index (Phi) is 3.47. The molecule has 0 bridgehead atoms. The number of aryl methyl sites for hydroxylation is 2. The number of nitro groups is 1. The highest BCUT2D eigenvalue weighted by Crippen LogP contribution is 2.21. The maximum absolute atomic E-state index is 13.6. The van der Waals surface area contributed by atoms with Crippen molar-refractivity contribution in [3.05, 3.63) is 51.1 Å². The highest BCUT2D eigenvalue weighted by atomic mass is 19.1. The Balaban J connectivity index is 2.34. The lowest BCUT2D eigenvalue weighted by Gasteiger charge is -2.06. The van der Waals surface area contributed by atoms with Crippen molar-refractivity contribution in [2.24, 2.45) is 0 Å². The molecule has 1 aromatic heterocycles. The van der Waals surface area contributed by atoms with Crippen LogP contribution in [0.1, 0.15) is 21.7 Å². The lowest BCUT2D eigenvalue weighted by Crippen LogP contribution is -2.15. The number of nitrogens with one attached hydrogen (secondary N) is 2. The van der Waals surface area contributed by atoms with Gasteiger partial charge in [0.1, 0.15) is 5.82 Å². The third-order valence-corrected chi connectivity index (χ3v) is 2.77. The number of aromatic nitrogens is 2. The van der Waals surface area contributed by atoms with Crippen LogP contribution < -0.4 is 5.32 Å². The average Bonchev–Trinajstić information content (AvgIpc) is 2.70. The SMILES string of the molecule is Cc1n[nH]c(C)c1NC(=O)c1cc([N+](=O)[O-])ccc1F. The number of benzene rings is 1. The molecular formula is C12H11FN4O3. The van der Waals surface area contributed by atoms with E-state index in [4.69, 9.17) is 0 Å². The van der Waals surface area contributed by atoms with E-state index in [0.29, 0.717) is 17.1 Å². The van der Waals surface area contributed by atoms with Crippen molar-refractivity contribution in [2.75, 3.05) is 5.32 Å². The van der Waals surface area contributed by atoms with Crippen LogP contribution in [0.5, 0.6) is 0 Å². The summed E-state index contributed by atoms with van der Waals surface area (Å²) in [5.41, 5.74) is 0.848. The number of non-ortho nitro benzene ring substituents is 1. The number of anilines is 1. The zero-order valence-electron chi connectivity index (χ0n) is 10.7. The molecule has 2 aromatic rings. The molecule has 0 fully saturated rings. The maximum Gasteiger partial charge on any atom is 0.270 e. The van der Waals surface area contributed by atoms with E-state index in [1.165, 1.54) is 0 Å². The van der Waals surface area contributed by atoms with Crippen molar-refractivity contribution >= 4 is 17.3 Å². The third kappa shape index (κ3) is 2.48. The van der Waals surface area contributed by atoms with Gasteiger partial charge in [0.25, 0.3) is 11.6 Å². The Bertz CT molecular complexity index is 677. The van der Waals surface area contributed by atoms with Gasteiger partial charge in [0.05, 0.1) is 27.6 Å². The van der Waals surface area contributed by atoms with Gasteiger partial charge in [0, 0.05) is 12.1 Å². The largest absolute Gasteiger partial charge is 0.319 e.